The van der Waals surface area contributed by atoms with Gasteiger partial charge in [-0.15, -0.1) is 0 Å². The third kappa shape index (κ3) is 2.95. The molecule has 1 atom stereocenters. The minimum Gasteiger partial charge on any atom is -1.00 e. The highest BCUT2D eigenvalue weighted by molar-refractivity contribution is 6.33. The summed E-state index contributed by atoms with van der Waals surface area (Å²) in [6.45, 7) is 1.46. The van der Waals surface area contributed by atoms with Gasteiger partial charge in [-0.3, -0.25) is 0 Å². The van der Waals surface area contributed by atoms with Gasteiger partial charge in [-0.05, 0) is 47.9 Å². The maximum atomic E-state index is 9.86. The summed E-state index contributed by atoms with van der Waals surface area (Å²) in [4.78, 5) is 0. The van der Waals surface area contributed by atoms with Gasteiger partial charge in [0.25, 0.3) is 0 Å². The number of phenols is 3. The molecule has 1 aliphatic heterocycles. The molecule has 6 heteroatoms. The van der Waals surface area contributed by atoms with Gasteiger partial charge in [0.1, 0.15) is 5.75 Å². The molecule has 1 aliphatic rings. The second-order valence-electron chi connectivity index (χ2n) is 5.22. The van der Waals surface area contributed by atoms with Crippen molar-refractivity contribution in [1.29, 1.82) is 0 Å². The van der Waals surface area contributed by atoms with Gasteiger partial charge in [0.05, 0.1) is 5.02 Å². The second-order valence-corrected chi connectivity index (χ2v) is 5.60. The normalized spacial score (nSPS) is 17.2. The van der Waals surface area contributed by atoms with Gasteiger partial charge in [0.15, 0.2) is 11.5 Å². The van der Waals surface area contributed by atoms with Crippen molar-refractivity contribution in [2.24, 2.45) is 0 Å². The Morgan fingerprint density at radius 1 is 1.09 bits per heavy atom. The Balaban J connectivity index is 0.00000176. The summed E-state index contributed by atoms with van der Waals surface area (Å²) in [5, 5.41) is 32.7. The number of benzene rings is 2. The highest BCUT2D eigenvalue weighted by atomic mass is 35.5. The predicted octanol–water partition coefficient (Wildman–Crippen LogP) is -0.262. The van der Waals surface area contributed by atoms with E-state index in [0.29, 0.717) is 13.0 Å². The number of aromatic hydroxyl groups is 3. The largest absolute Gasteiger partial charge is 1.00 e. The molecule has 4 nitrogen and oxygen atoms in total. The molecule has 22 heavy (non-hydrogen) atoms. The van der Waals surface area contributed by atoms with Gasteiger partial charge in [-0.25, -0.2) is 0 Å². The monoisotopic (exact) mass is 340 g/mol. The second kappa shape index (κ2) is 6.65. The molecule has 0 amide bonds. The molecule has 1 unspecified atom stereocenters. The quantitative estimate of drug-likeness (QED) is 0.540. The van der Waals surface area contributed by atoms with Crippen LogP contribution in [-0.2, 0) is 6.42 Å². The first-order valence-electron chi connectivity index (χ1n) is 6.80. The summed E-state index contributed by atoms with van der Waals surface area (Å²) in [7, 11) is 0. The first kappa shape index (κ1) is 16.7. The van der Waals surface area contributed by atoms with Gasteiger partial charge in [-0.1, -0.05) is 23.7 Å². The molecule has 1 heterocycles. The maximum Gasteiger partial charge on any atom is 0.176 e. The SMILES string of the molecule is Oc1ccc(C2CNCCc3c2cc(O)c(O)c3Cl)cc1.[Cl-]. The van der Waals surface area contributed by atoms with Crippen molar-refractivity contribution in [3.63, 3.8) is 0 Å². The van der Waals surface area contributed by atoms with Crippen LogP contribution in [0.25, 0.3) is 0 Å². The lowest BCUT2D eigenvalue weighted by molar-refractivity contribution is -0.00000693. The van der Waals surface area contributed by atoms with Crippen molar-refractivity contribution in [2.75, 3.05) is 13.1 Å². The predicted molar refractivity (Wildman–Crippen MR) is 81.3 cm³/mol. The lowest BCUT2D eigenvalue weighted by Crippen LogP contribution is -3.00. The fraction of sp³-hybridized carbons (Fsp3) is 0.250. The number of phenolic OH excluding ortho intramolecular Hbond substituents is 3. The molecule has 4 N–H and O–H groups in total. The Kier molecular flexibility index (Phi) is 5.06. The number of hydrogen-bond donors (Lipinski definition) is 4. The fourth-order valence-electron chi connectivity index (χ4n) is 2.82. The lowest BCUT2D eigenvalue weighted by atomic mass is 9.87. The Bertz CT molecular complexity index is 674. The summed E-state index contributed by atoms with van der Waals surface area (Å²) < 4.78 is 0. The van der Waals surface area contributed by atoms with Crippen LogP contribution in [-0.4, -0.2) is 28.4 Å². The Hall–Kier alpha value is -1.62. The molecule has 3 rings (SSSR count). The Morgan fingerprint density at radius 3 is 2.45 bits per heavy atom. The average molecular weight is 341 g/mol. The molecule has 0 bridgehead atoms. The van der Waals surface area contributed by atoms with Gasteiger partial charge >= 0.3 is 0 Å². The average Bonchev–Trinajstić information content (AvgIpc) is 2.68. The third-order valence-electron chi connectivity index (χ3n) is 3.93. The molecule has 2 aromatic rings. The van der Waals surface area contributed by atoms with Crippen LogP contribution in [0.15, 0.2) is 30.3 Å². The maximum absolute atomic E-state index is 9.86. The number of halogens is 2. The standard InChI is InChI=1S/C16H16ClNO3.ClH/c17-15-11-5-6-18-8-13(9-1-3-10(19)4-2-9)12(11)7-14(20)16(15)21;/h1-4,7,13,18-21H,5-6,8H2;1H/p-1. The van der Waals surface area contributed by atoms with Crippen molar-refractivity contribution in [2.45, 2.75) is 12.3 Å². The minimum atomic E-state index is -0.262. The van der Waals surface area contributed by atoms with E-state index >= 15 is 0 Å². The van der Waals surface area contributed by atoms with E-state index in [1.54, 1.807) is 18.2 Å². The van der Waals surface area contributed by atoms with Crippen LogP contribution < -0.4 is 17.7 Å². The van der Waals surface area contributed by atoms with Crippen molar-refractivity contribution in [1.82, 2.24) is 5.32 Å². The number of rotatable bonds is 1. The Labute approximate surface area is 139 Å². The zero-order valence-corrected chi connectivity index (χ0v) is 13.2. The summed E-state index contributed by atoms with van der Waals surface area (Å²) in [5.41, 5.74) is 2.78. The van der Waals surface area contributed by atoms with Crippen LogP contribution in [0, 0.1) is 0 Å². The van der Waals surface area contributed by atoms with E-state index in [-0.39, 0.29) is 40.6 Å². The van der Waals surface area contributed by atoms with E-state index in [1.165, 1.54) is 0 Å². The molecule has 0 fully saturated rings. The van der Waals surface area contributed by atoms with Crippen LogP contribution in [0.3, 0.4) is 0 Å². The van der Waals surface area contributed by atoms with Crippen molar-refractivity contribution < 1.29 is 27.7 Å². The summed E-state index contributed by atoms with van der Waals surface area (Å²) >= 11 is 6.19. The zero-order chi connectivity index (χ0) is 15.0. The molecule has 0 aliphatic carbocycles. The molecule has 0 spiro atoms. The molecule has 118 valence electrons. The zero-order valence-electron chi connectivity index (χ0n) is 11.7. The lowest BCUT2D eigenvalue weighted by Gasteiger charge is -2.20. The molecular formula is C16H16Cl2NO3-. The molecule has 0 saturated heterocycles. The first-order chi connectivity index (χ1) is 10.1. The van der Waals surface area contributed by atoms with Gasteiger partial charge in [0.2, 0.25) is 0 Å². The third-order valence-corrected chi connectivity index (χ3v) is 4.33. The van der Waals surface area contributed by atoms with Gasteiger partial charge in [-0.2, -0.15) is 0 Å². The highest BCUT2D eigenvalue weighted by Crippen LogP contribution is 2.42. The molecular weight excluding hydrogens is 325 g/mol. The van der Waals surface area contributed by atoms with E-state index in [4.69, 9.17) is 11.6 Å². The van der Waals surface area contributed by atoms with Crippen molar-refractivity contribution in [3.8, 4) is 17.2 Å². The van der Waals surface area contributed by atoms with Crippen LogP contribution in [0.2, 0.25) is 5.02 Å². The van der Waals surface area contributed by atoms with Gasteiger partial charge < -0.3 is 33.0 Å². The highest BCUT2D eigenvalue weighted by Gasteiger charge is 2.25. The van der Waals surface area contributed by atoms with E-state index in [0.717, 1.165) is 23.2 Å². The summed E-state index contributed by atoms with van der Waals surface area (Å²) in [6.07, 6.45) is 0.691. The fourth-order valence-corrected chi connectivity index (χ4v) is 3.12. The van der Waals surface area contributed by atoms with Crippen LogP contribution in [0.5, 0.6) is 17.2 Å². The van der Waals surface area contributed by atoms with Crippen LogP contribution in [0.4, 0.5) is 0 Å². The van der Waals surface area contributed by atoms with Crippen molar-refractivity contribution in [3.05, 3.63) is 52.0 Å². The smallest absolute Gasteiger partial charge is 0.176 e. The topological polar surface area (TPSA) is 72.7 Å². The van der Waals surface area contributed by atoms with E-state index in [9.17, 15) is 15.3 Å². The first-order valence-corrected chi connectivity index (χ1v) is 7.18. The number of fused-ring (bicyclic) bond motifs is 1. The summed E-state index contributed by atoms with van der Waals surface area (Å²) in [5.74, 6) is -0.245. The van der Waals surface area contributed by atoms with E-state index in [1.807, 2.05) is 12.1 Å². The van der Waals surface area contributed by atoms with Crippen LogP contribution >= 0.6 is 11.6 Å². The van der Waals surface area contributed by atoms with E-state index < -0.39 is 0 Å². The molecule has 0 radical (unpaired) electrons. The van der Waals surface area contributed by atoms with Crippen LogP contribution in [0.1, 0.15) is 22.6 Å². The van der Waals surface area contributed by atoms with Crippen molar-refractivity contribution >= 4 is 11.6 Å². The number of nitrogens with one attached hydrogen (secondary N) is 1. The number of hydrogen-bond acceptors (Lipinski definition) is 4. The van der Waals surface area contributed by atoms with E-state index in [2.05, 4.69) is 5.32 Å². The minimum absolute atomic E-state index is 0. The summed E-state index contributed by atoms with van der Waals surface area (Å²) in [6, 6.07) is 8.58. The molecule has 0 saturated carbocycles. The molecule has 2 aromatic carbocycles. The van der Waals surface area contributed by atoms with Gasteiger partial charge in [0, 0.05) is 12.5 Å². The molecule has 0 aromatic heterocycles. The Morgan fingerprint density at radius 2 is 1.77 bits per heavy atom.